The molecule has 1 aromatic rings. The topological polar surface area (TPSA) is 42.2 Å². The maximum atomic E-state index is 10.2. The zero-order chi connectivity index (χ0) is 9.68. The highest BCUT2D eigenvalue weighted by Gasteiger charge is 1.92. The van der Waals surface area contributed by atoms with Gasteiger partial charge < -0.3 is 9.67 Å². The zero-order valence-corrected chi connectivity index (χ0v) is 7.60. The Hall–Kier alpha value is -1.51. The molecule has 13 heavy (non-hydrogen) atoms. The Morgan fingerprint density at radius 2 is 2.46 bits per heavy atom. The van der Waals surface area contributed by atoms with Crippen molar-refractivity contribution < 1.29 is 9.90 Å². The summed E-state index contributed by atoms with van der Waals surface area (Å²) in [5.41, 5.74) is 0.927. The second-order valence-corrected chi connectivity index (χ2v) is 2.85. The molecule has 0 unspecified atom stereocenters. The third-order valence-electron chi connectivity index (χ3n) is 1.67. The minimum Gasteiger partial charge on any atom is -0.478 e. The van der Waals surface area contributed by atoms with Crippen LogP contribution in [0.15, 0.2) is 24.5 Å². The van der Waals surface area contributed by atoms with E-state index < -0.39 is 5.97 Å². The van der Waals surface area contributed by atoms with Crippen LogP contribution in [-0.2, 0) is 11.3 Å². The van der Waals surface area contributed by atoms with Gasteiger partial charge in [0.05, 0.1) is 0 Å². The maximum Gasteiger partial charge on any atom is 0.328 e. The van der Waals surface area contributed by atoms with Crippen LogP contribution in [0, 0.1) is 0 Å². The lowest BCUT2D eigenvalue weighted by molar-refractivity contribution is -0.131. The summed E-state index contributed by atoms with van der Waals surface area (Å²) in [7, 11) is 0. The number of hydrogen-bond donors (Lipinski definition) is 1. The molecule has 0 aliphatic heterocycles. The number of carbonyl (C=O) groups is 1. The van der Waals surface area contributed by atoms with Gasteiger partial charge in [0, 0.05) is 25.0 Å². The normalized spacial score (nSPS) is 10.8. The molecule has 1 N–H and O–H groups in total. The summed E-state index contributed by atoms with van der Waals surface area (Å²) < 4.78 is 2.04. The molecular formula is C10H13NO2. The van der Waals surface area contributed by atoms with Crippen molar-refractivity contribution in [2.75, 3.05) is 0 Å². The minimum absolute atomic E-state index is 0.914. The largest absolute Gasteiger partial charge is 0.478 e. The van der Waals surface area contributed by atoms with Gasteiger partial charge in [0.1, 0.15) is 0 Å². The number of carboxylic acid groups (broad SMARTS) is 1. The average Bonchev–Trinajstić information content (AvgIpc) is 2.50. The number of aryl methyl sites for hydroxylation is 1. The maximum absolute atomic E-state index is 10.2. The smallest absolute Gasteiger partial charge is 0.328 e. The van der Waals surface area contributed by atoms with E-state index in [1.165, 1.54) is 0 Å². The van der Waals surface area contributed by atoms with Crippen LogP contribution in [0.25, 0.3) is 6.08 Å². The fourth-order valence-electron chi connectivity index (χ4n) is 1.12. The monoisotopic (exact) mass is 179 g/mol. The standard InChI is InChI=1S/C10H13NO2/c1-2-6-11-7-5-9(8-11)3-4-10(12)13/h3-5,7-8H,2,6H2,1H3,(H,12,13). The molecule has 0 saturated carbocycles. The Balaban J connectivity index is 2.63. The molecular weight excluding hydrogens is 166 g/mol. The van der Waals surface area contributed by atoms with E-state index in [0.717, 1.165) is 24.6 Å². The summed E-state index contributed by atoms with van der Waals surface area (Å²) in [6.45, 7) is 3.08. The summed E-state index contributed by atoms with van der Waals surface area (Å²) in [5.74, 6) is -0.914. The van der Waals surface area contributed by atoms with Crippen molar-refractivity contribution >= 4 is 12.0 Å². The lowest BCUT2D eigenvalue weighted by Crippen LogP contribution is -1.90. The fraction of sp³-hybridized carbons (Fsp3) is 0.300. The van der Waals surface area contributed by atoms with Gasteiger partial charge in [-0.15, -0.1) is 0 Å². The highest BCUT2D eigenvalue weighted by Crippen LogP contribution is 2.04. The predicted octanol–water partition coefficient (Wildman–Crippen LogP) is 2.00. The lowest BCUT2D eigenvalue weighted by atomic mass is 10.3. The highest BCUT2D eigenvalue weighted by atomic mass is 16.4. The van der Waals surface area contributed by atoms with E-state index in [2.05, 4.69) is 6.92 Å². The quantitative estimate of drug-likeness (QED) is 0.718. The highest BCUT2D eigenvalue weighted by molar-refractivity contribution is 5.85. The van der Waals surface area contributed by atoms with Crippen LogP contribution in [0.4, 0.5) is 0 Å². The molecule has 0 atom stereocenters. The summed E-state index contributed by atoms with van der Waals surface area (Å²) in [6, 6.07) is 1.90. The summed E-state index contributed by atoms with van der Waals surface area (Å²) in [6.07, 6.45) is 7.70. The van der Waals surface area contributed by atoms with Gasteiger partial charge in [0.2, 0.25) is 0 Å². The molecule has 0 bridgehead atoms. The second-order valence-electron chi connectivity index (χ2n) is 2.85. The van der Waals surface area contributed by atoms with Crippen molar-refractivity contribution in [2.45, 2.75) is 19.9 Å². The molecule has 0 aromatic carbocycles. The van der Waals surface area contributed by atoms with Crippen molar-refractivity contribution in [3.8, 4) is 0 Å². The van der Waals surface area contributed by atoms with Crippen LogP contribution in [0.5, 0.6) is 0 Å². The molecule has 0 spiro atoms. The van der Waals surface area contributed by atoms with Gasteiger partial charge in [-0.3, -0.25) is 0 Å². The molecule has 3 nitrogen and oxygen atoms in total. The summed E-state index contributed by atoms with van der Waals surface area (Å²) in [4.78, 5) is 10.2. The predicted molar refractivity (Wildman–Crippen MR) is 51.4 cm³/mol. The molecule has 0 radical (unpaired) electrons. The second kappa shape index (κ2) is 4.50. The number of aromatic nitrogens is 1. The molecule has 0 amide bonds. The van der Waals surface area contributed by atoms with Crippen LogP contribution in [0.3, 0.4) is 0 Å². The number of nitrogens with zero attached hydrogens (tertiary/aromatic N) is 1. The van der Waals surface area contributed by atoms with Gasteiger partial charge in [0.15, 0.2) is 0 Å². The van der Waals surface area contributed by atoms with Crippen LogP contribution < -0.4 is 0 Å². The van der Waals surface area contributed by atoms with Gasteiger partial charge >= 0.3 is 5.97 Å². The molecule has 70 valence electrons. The van der Waals surface area contributed by atoms with Gasteiger partial charge in [-0.05, 0) is 24.1 Å². The summed E-state index contributed by atoms with van der Waals surface area (Å²) in [5, 5.41) is 8.39. The van der Waals surface area contributed by atoms with E-state index in [1.54, 1.807) is 6.08 Å². The first-order valence-corrected chi connectivity index (χ1v) is 4.29. The SMILES string of the molecule is CCCn1ccc(C=CC(=O)O)c1. The lowest BCUT2D eigenvalue weighted by Gasteiger charge is -1.95. The van der Waals surface area contributed by atoms with E-state index in [-0.39, 0.29) is 0 Å². The number of aliphatic carboxylic acids is 1. The van der Waals surface area contributed by atoms with Crippen LogP contribution >= 0.6 is 0 Å². The number of rotatable bonds is 4. The van der Waals surface area contributed by atoms with Crippen LogP contribution in [0.2, 0.25) is 0 Å². The minimum atomic E-state index is -0.914. The van der Waals surface area contributed by atoms with E-state index in [1.807, 2.05) is 23.0 Å². The van der Waals surface area contributed by atoms with Crippen molar-refractivity contribution in [3.05, 3.63) is 30.1 Å². The summed E-state index contributed by atoms with van der Waals surface area (Å²) >= 11 is 0. The first-order chi connectivity index (χ1) is 6.22. The molecule has 1 aromatic heterocycles. The van der Waals surface area contributed by atoms with Crippen molar-refractivity contribution in [2.24, 2.45) is 0 Å². The molecule has 3 heteroatoms. The van der Waals surface area contributed by atoms with E-state index in [0.29, 0.717) is 0 Å². The van der Waals surface area contributed by atoms with Gasteiger partial charge in [-0.2, -0.15) is 0 Å². The van der Waals surface area contributed by atoms with Crippen molar-refractivity contribution in [1.29, 1.82) is 0 Å². The zero-order valence-electron chi connectivity index (χ0n) is 7.60. The van der Waals surface area contributed by atoms with Crippen molar-refractivity contribution in [3.63, 3.8) is 0 Å². The van der Waals surface area contributed by atoms with Crippen LogP contribution in [0.1, 0.15) is 18.9 Å². The Morgan fingerprint density at radius 1 is 1.69 bits per heavy atom. The van der Waals surface area contributed by atoms with Crippen LogP contribution in [-0.4, -0.2) is 15.6 Å². The Bertz CT molecular complexity index is 312. The average molecular weight is 179 g/mol. The fourth-order valence-corrected chi connectivity index (χ4v) is 1.12. The first-order valence-electron chi connectivity index (χ1n) is 4.29. The first kappa shape index (κ1) is 9.58. The number of hydrogen-bond acceptors (Lipinski definition) is 1. The van der Waals surface area contributed by atoms with Gasteiger partial charge in [0.25, 0.3) is 0 Å². The molecule has 0 fully saturated rings. The molecule has 0 saturated heterocycles. The third kappa shape index (κ3) is 3.15. The molecule has 1 rings (SSSR count). The number of carboxylic acids is 1. The van der Waals surface area contributed by atoms with Gasteiger partial charge in [-0.25, -0.2) is 4.79 Å². The van der Waals surface area contributed by atoms with E-state index in [4.69, 9.17) is 5.11 Å². The van der Waals surface area contributed by atoms with Gasteiger partial charge in [-0.1, -0.05) is 6.92 Å². The Kier molecular flexibility index (Phi) is 3.31. The molecule has 1 heterocycles. The Morgan fingerprint density at radius 3 is 3.08 bits per heavy atom. The molecule has 0 aliphatic carbocycles. The van der Waals surface area contributed by atoms with Crippen molar-refractivity contribution in [1.82, 2.24) is 4.57 Å². The van der Waals surface area contributed by atoms with E-state index >= 15 is 0 Å². The molecule has 0 aliphatic rings. The van der Waals surface area contributed by atoms with E-state index in [9.17, 15) is 4.79 Å². The third-order valence-corrected chi connectivity index (χ3v) is 1.67. The Labute approximate surface area is 77.3 Å².